The van der Waals surface area contributed by atoms with Crippen LogP contribution in [0.15, 0.2) is 12.2 Å². The second-order valence-corrected chi connectivity index (χ2v) is 4.35. The van der Waals surface area contributed by atoms with Gasteiger partial charge in [-0.05, 0) is 12.5 Å². The fraction of sp³-hybridized carbons (Fsp3) is 0.636. The summed E-state index contributed by atoms with van der Waals surface area (Å²) in [7, 11) is 5.15. The smallest absolute Gasteiger partial charge is 0.361 e. The number of carbonyl (C=O) groups excluding carboxylic acids is 2. The number of rotatable bonds is 6. The Morgan fingerprint density at radius 2 is 1.87 bits per heavy atom. The van der Waals surface area contributed by atoms with E-state index in [0.29, 0.717) is 23.0 Å². The zero-order chi connectivity index (χ0) is 12.1. The molecule has 15 heavy (non-hydrogen) atoms. The number of quaternary nitrogens is 1. The monoisotopic (exact) mass is 214 g/mol. The Hall–Kier alpha value is -1.16. The van der Waals surface area contributed by atoms with Gasteiger partial charge >= 0.3 is 5.97 Å². The summed E-state index contributed by atoms with van der Waals surface area (Å²) in [6.07, 6.45) is 0.416. The maximum Gasteiger partial charge on any atom is 0.361 e. The van der Waals surface area contributed by atoms with Crippen LogP contribution >= 0.6 is 0 Å². The van der Waals surface area contributed by atoms with E-state index in [1.807, 2.05) is 14.1 Å². The van der Waals surface area contributed by atoms with Gasteiger partial charge in [-0.1, -0.05) is 6.58 Å². The Morgan fingerprint density at radius 3 is 2.27 bits per heavy atom. The minimum Gasteiger partial charge on any atom is -0.465 e. The van der Waals surface area contributed by atoms with Gasteiger partial charge in [0.2, 0.25) is 0 Å². The highest BCUT2D eigenvalue weighted by atomic mass is 16.5. The Balaban J connectivity index is 4.09. The topological polar surface area (TPSA) is 43.4 Å². The molecule has 86 valence electrons. The minimum absolute atomic E-state index is 0.0473. The third kappa shape index (κ3) is 6.01. The van der Waals surface area contributed by atoms with E-state index < -0.39 is 0 Å². The quantitative estimate of drug-likeness (QED) is 0.372. The molecule has 0 aromatic heterocycles. The van der Waals surface area contributed by atoms with E-state index in [-0.39, 0.29) is 18.3 Å². The molecule has 0 aromatic carbocycles. The average molecular weight is 214 g/mol. The molecule has 0 heterocycles. The summed E-state index contributed by atoms with van der Waals surface area (Å²) in [5.41, 5.74) is 0.563. The fourth-order valence-corrected chi connectivity index (χ4v) is 1.11. The van der Waals surface area contributed by atoms with Crippen molar-refractivity contribution >= 4 is 11.8 Å². The van der Waals surface area contributed by atoms with Gasteiger partial charge in [-0.2, -0.15) is 0 Å². The van der Waals surface area contributed by atoms with Crippen LogP contribution < -0.4 is 0 Å². The van der Waals surface area contributed by atoms with Gasteiger partial charge in [0.25, 0.3) is 0 Å². The molecule has 4 heteroatoms. The van der Waals surface area contributed by atoms with Crippen molar-refractivity contribution < 1.29 is 18.8 Å². The number of ether oxygens (including phenoxy) is 1. The lowest BCUT2D eigenvalue weighted by Gasteiger charge is -2.27. The second-order valence-electron chi connectivity index (χ2n) is 4.35. The lowest BCUT2D eigenvalue weighted by atomic mass is 10.1. The molecule has 0 amide bonds. The van der Waals surface area contributed by atoms with Crippen LogP contribution in [0.3, 0.4) is 0 Å². The molecule has 0 radical (unpaired) electrons. The van der Waals surface area contributed by atoms with Crippen LogP contribution in [-0.4, -0.2) is 50.5 Å². The maximum atomic E-state index is 11.3. The van der Waals surface area contributed by atoms with E-state index in [0.717, 1.165) is 0 Å². The van der Waals surface area contributed by atoms with Crippen LogP contribution in [-0.2, 0) is 14.3 Å². The third-order valence-electron chi connectivity index (χ3n) is 2.21. The number of nitrogens with zero attached hydrogens (tertiary/aromatic N) is 1. The first-order valence-corrected chi connectivity index (χ1v) is 4.86. The molecule has 0 aromatic rings. The summed E-state index contributed by atoms with van der Waals surface area (Å²) in [5, 5.41) is 0. The van der Waals surface area contributed by atoms with Crippen molar-refractivity contribution in [2.24, 2.45) is 0 Å². The third-order valence-corrected chi connectivity index (χ3v) is 2.21. The zero-order valence-electron chi connectivity index (χ0n) is 10.0. The van der Waals surface area contributed by atoms with E-state index in [4.69, 9.17) is 0 Å². The minimum atomic E-state index is -0.261. The number of Topliss-reactive ketones (excluding diaryl/α,β-unsaturated/α-hetero) is 1. The van der Waals surface area contributed by atoms with E-state index in [2.05, 4.69) is 11.3 Å². The Morgan fingerprint density at radius 1 is 1.33 bits per heavy atom. The number of allylic oxidation sites excluding steroid dienone is 1. The van der Waals surface area contributed by atoms with Crippen molar-refractivity contribution in [3.8, 4) is 0 Å². The Labute approximate surface area is 91.1 Å². The molecular weight excluding hydrogens is 194 g/mol. The van der Waals surface area contributed by atoms with Crippen LogP contribution in [0.4, 0.5) is 0 Å². The molecule has 4 nitrogen and oxygen atoms in total. The SMILES string of the molecule is C=C(C)C(=O)CC[N+](C)(C)CC(=O)OC. The molecular formula is C11H20NO3+. The molecule has 0 aliphatic heterocycles. The van der Waals surface area contributed by atoms with E-state index >= 15 is 0 Å². The number of likely N-dealkylation sites (N-methyl/N-ethyl adjacent to an activating group) is 1. The molecule has 0 fully saturated rings. The fourth-order valence-electron chi connectivity index (χ4n) is 1.11. The van der Waals surface area contributed by atoms with Gasteiger partial charge in [0.1, 0.15) is 0 Å². The number of carbonyl (C=O) groups is 2. The molecule has 0 N–H and O–H groups in total. The van der Waals surface area contributed by atoms with Crippen molar-refractivity contribution in [1.29, 1.82) is 0 Å². The van der Waals surface area contributed by atoms with Crippen molar-refractivity contribution in [3.05, 3.63) is 12.2 Å². The molecule has 0 aliphatic carbocycles. The maximum absolute atomic E-state index is 11.3. The second kappa shape index (κ2) is 5.66. The summed E-state index contributed by atoms with van der Waals surface area (Å²) in [6.45, 7) is 6.17. The molecule has 0 aliphatic rings. The van der Waals surface area contributed by atoms with E-state index in [1.54, 1.807) is 6.92 Å². The number of hydrogen-bond acceptors (Lipinski definition) is 3. The van der Waals surface area contributed by atoms with Gasteiger partial charge in [0, 0.05) is 0 Å². The van der Waals surface area contributed by atoms with Gasteiger partial charge in [0.15, 0.2) is 12.3 Å². The van der Waals surface area contributed by atoms with Crippen LogP contribution in [0, 0.1) is 0 Å². The number of hydrogen-bond donors (Lipinski definition) is 0. The predicted molar refractivity (Wildman–Crippen MR) is 58.3 cm³/mol. The summed E-state index contributed by atoms with van der Waals surface area (Å²) < 4.78 is 5.03. The van der Waals surface area contributed by atoms with Crippen LogP contribution in [0.1, 0.15) is 13.3 Å². The van der Waals surface area contributed by atoms with Gasteiger partial charge in [-0.3, -0.25) is 4.79 Å². The van der Waals surface area contributed by atoms with Gasteiger partial charge in [-0.25, -0.2) is 4.79 Å². The van der Waals surface area contributed by atoms with Gasteiger partial charge in [0.05, 0.1) is 34.2 Å². The first kappa shape index (κ1) is 13.8. The molecule has 0 atom stereocenters. The van der Waals surface area contributed by atoms with Crippen LogP contribution in [0.5, 0.6) is 0 Å². The van der Waals surface area contributed by atoms with Crippen molar-refractivity contribution in [3.63, 3.8) is 0 Å². The lowest BCUT2D eigenvalue weighted by molar-refractivity contribution is -0.882. The largest absolute Gasteiger partial charge is 0.465 e. The predicted octanol–water partition coefficient (Wildman–Crippen LogP) is 0.771. The summed E-state index contributed by atoms with van der Waals surface area (Å²) in [5.74, 6) is -0.214. The average Bonchev–Trinajstić information content (AvgIpc) is 2.13. The standard InChI is InChI=1S/C11H20NO3/c1-9(2)10(13)6-7-12(3,4)8-11(14)15-5/h1,6-8H2,2-5H3/q+1. The first-order chi connectivity index (χ1) is 6.78. The highest BCUT2D eigenvalue weighted by Gasteiger charge is 2.21. The highest BCUT2D eigenvalue weighted by Crippen LogP contribution is 2.03. The Bertz CT molecular complexity index is 269. The Kier molecular flexibility index (Phi) is 5.22. The molecule has 0 rings (SSSR count). The normalized spacial score (nSPS) is 10.9. The van der Waals surface area contributed by atoms with E-state index in [9.17, 15) is 9.59 Å². The first-order valence-electron chi connectivity index (χ1n) is 4.86. The number of methoxy groups -OCH3 is 1. The van der Waals surface area contributed by atoms with Crippen molar-refractivity contribution in [2.45, 2.75) is 13.3 Å². The molecule has 0 bridgehead atoms. The van der Waals surface area contributed by atoms with Crippen molar-refractivity contribution in [2.75, 3.05) is 34.3 Å². The van der Waals surface area contributed by atoms with Gasteiger partial charge in [-0.15, -0.1) is 0 Å². The lowest BCUT2D eigenvalue weighted by Crippen LogP contribution is -2.45. The summed E-state index contributed by atoms with van der Waals surface area (Å²) in [4.78, 5) is 22.4. The van der Waals surface area contributed by atoms with Crippen molar-refractivity contribution in [1.82, 2.24) is 0 Å². The zero-order valence-corrected chi connectivity index (χ0v) is 10.0. The molecule has 0 saturated carbocycles. The highest BCUT2D eigenvalue weighted by molar-refractivity contribution is 5.94. The summed E-state index contributed by atoms with van der Waals surface area (Å²) >= 11 is 0. The van der Waals surface area contributed by atoms with Gasteiger partial charge < -0.3 is 9.22 Å². The van der Waals surface area contributed by atoms with Crippen LogP contribution in [0.25, 0.3) is 0 Å². The molecule has 0 saturated heterocycles. The molecule has 0 spiro atoms. The number of esters is 1. The van der Waals surface area contributed by atoms with E-state index in [1.165, 1.54) is 7.11 Å². The number of ketones is 1. The van der Waals surface area contributed by atoms with Crippen LogP contribution in [0.2, 0.25) is 0 Å². The molecule has 0 unspecified atom stereocenters. The summed E-state index contributed by atoms with van der Waals surface area (Å²) in [6, 6.07) is 0.